The molecule has 25 heavy (non-hydrogen) atoms. The van der Waals surface area contributed by atoms with Gasteiger partial charge in [-0.05, 0) is 37.1 Å². The van der Waals surface area contributed by atoms with E-state index < -0.39 is 23.5 Å². The van der Waals surface area contributed by atoms with Crippen molar-refractivity contribution in [3.63, 3.8) is 0 Å². The highest BCUT2D eigenvalue weighted by molar-refractivity contribution is 5.82. The van der Waals surface area contributed by atoms with Crippen LogP contribution < -0.4 is 5.32 Å². The van der Waals surface area contributed by atoms with Gasteiger partial charge in [-0.1, -0.05) is 12.1 Å². The molecule has 0 spiro atoms. The number of nitrogens with zero attached hydrogens (tertiary/aromatic N) is 1. The van der Waals surface area contributed by atoms with Crippen LogP contribution in [-0.2, 0) is 11.2 Å². The van der Waals surface area contributed by atoms with E-state index in [4.69, 9.17) is 0 Å². The standard InChI is InChI=1S/C19H20F2N2O2/c20-16-5-3-6-17(21)18(16)14-9-15(14)19(25)23-10-12(11-24)8-13-4-1-2-7-22-13/h1-7,12,14-15,24H,8-11H2,(H,23,25). The van der Waals surface area contributed by atoms with Crippen molar-refractivity contribution in [3.8, 4) is 0 Å². The summed E-state index contributed by atoms with van der Waals surface area (Å²) in [4.78, 5) is 16.4. The summed E-state index contributed by atoms with van der Waals surface area (Å²) in [5, 5.41) is 12.3. The lowest BCUT2D eigenvalue weighted by Gasteiger charge is -2.15. The first-order chi connectivity index (χ1) is 12.1. The number of benzene rings is 1. The molecule has 0 radical (unpaired) electrons. The smallest absolute Gasteiger partial charge is 0.223 e. The number of pyridine rings is 1. The number of carbonyl (C=O) groups is 1. The number of carbonyl (C=O) groups excluding carboxylic acids is 1. The summed E-state index contributed by atoms with van der Waals surface area (Å²) in [5.41, 5.74) is 0.836. The first-order valence-electron chi connectivity index (χ1n) is 8.32. The molecule has 1 fully saturated rings. The second-order valence-corrected chi connectivity index (χ2v) is 6.40. The third-order valence-electron chi connectivity index (χ3n) is 4.54. The van der Waals surface area contributed by atoms with Crippen LogP contribution in [0.2, 0.25) is 0 Å². The summed E-state index contributed by atoms with van der Waals surface area (Å²) in [5.74, 6) is -2.43. The molecule has 6 heteroatoms. The van der Waals surface area contributed by atoms with Crippen molar-refractivity contribution < 1.29 is 18.7 Å². The van der Waals surface area contributed by atoms with E-state index in [2.05, 4.69) is 10.3 Å². The first kappa shape index (κ1) is 17.5. The summed E-state index contributed by atoms with van der Waals surface area (Å²) in [6, 6.07) is 9.28. The van der Waals surface area contributed by atoms with Crippen LogP contribution in [0.15, 0.2) is 42.6 Å². The van der Waals surface area contributed by atoms with Crippen molar-refractivity contribution in [2.24, 2.45) is 11.8 Å². The average Bonchev–Trinajstić information content (AvgIpc) is 3.39. The van der Waals surface area contributed by atoms with E-state index in [0.29, 0.717) is 19.4 Å². The van der Waals surface area contributed by atoms with Crippen LogP contribution in [0.5, 0.6) is 0 Å². The monoisotopic (exact) mass is 346 g/mol. The Bertz CT molecular complexity index is 719. The lowest BCUT2D eigenvalue weighted by molar-refractivity contribution is -0.122. The van der Waals surface area contributed by atoms with E-state index in [-0.39, 0.29) is 24.0 Å². The van der Waals surface area contributed by atoms with E-state index in [1.54, 1.807) is 6.20 Å². The number of rotatable bonds is 7. The topological polar surface area (TPSA) is 62.2 Å². The molecule has 2 N–H and O–H groups in total. The van der Waals surface area contributed by atoms with Gasteiger partial charge in [0.15, 0.2) is 0 Å². The zero-order valence-corrected chi connectivity index (χ0v) is 13.7. The Kier molecular flexibility index (Phi) is 5.38. The lowest BCUT2D eigenvalue weighted by Crippen LogP contribution is -2.33. The molecule has 1 aliphatic carbocycles. The van der Waals surface area contributed by atoms with Crippen LogP contribution in [0.4, 0.5) is 8.78 Å². The predicted molar refractivity (Wildman–Crippen MR) is 88.7 cm³/mol. The molecule has 1 aromatic carbocycles. The predicted octanol–water partition coefficient (Wildman–Crippen LogP) is 2.43. The molecule has 0 bridgehead atoms. The highest BCUT2D eigenvalue weighted by atomic mass is 19.1. The number of aliphatic hydroxyl groups is 1. The molecule has 0 saturated heterocycles. The van der Waals surface area contributed by atoms with Gasteiger partial charge in [0.1, 0.15) is 11.6 Å². The van der Waals surface area contributed by atoms with Gasteiger partial charge in [-0.15, -0.1) is 0 Å². The van der Waals surface area contributed by atoms with Gasteiger partial charge in [0.25, 0.3) is 0 Å². The Labute approximate surface area is 144 Å². The first-order valence-corrected chi connectivity index (χ1v) is 8.32. The van der Waals surface area contributed by atoms with E-state index in [0.717, 1.165) is 5.69 Å². The number of nitrogens with one attached hydrogen (secondary N) is 1. The minimum atomic E-state index is -0.608. The molecular weight excluding hydrogens is 326 g/mol. The Hall–Kier alpha value is -2.34. The Morgan fingerprint density at radius 3 is 2.64 bits per heavy atom. The molecule has 3 unspecified atom stereocenters. The molecule has 1 aromatic heterocycles. The minimum Gasteiger partial charge on any atom is -0.396 e. The largest absolute Gasteiger partial charge is 0.396 e. The number of aromatic nitrogens is 1. The minimum absolute atomic E-state index is 0.00477. The van der Waals surface area contributed by atoms with E-state index >= 15 is 0 Å². The molecule has 1 saturated carbocycles. The second-order valence-electron chi connectivity index (χ2n) is 6.40. The molecule has 3 rings (SSSR count). The molecule has 4 nitrogen and oxygen atoms in total. The quantitative estimate of drug-likeness (QED) is 0.809. The van der Waals surface area contributed by atoms with Crippen LogP contribution in [0.3, 0.4) is 0 Å². The number of amides is 1. The summed E-state index contributed by atoms with van der Waals surface area (Å²) in [6.07, 6.45) is 2.67. The van der Waals surface area contributed by atoms with Gasteiger partial charge in [-0.2, -0.15) is 0 Å². The maximum atomic E-state index is 13.8. The summed E-state index contributed by atoms with van der Waals surface area (Å²) in [7, 11) is 0. The molecule has 2 aromatic rings. The van der Waals surface area contributed by atoms with Gasteiger partial charge in [0.05, 0.1) is 0 Å². The van der Waals surface area contributed by atoms with Crippen LogP contribution in [-0.4, -0.2) is 29.1 Å². The zero-order chi connectivity index (χ0) is 17.8. The molecule has 1 amide bonds. The van der Waals surface area contributed by atoms with Crippen molar-refractivity contribution in [1.29, 1.82) is 0 Å². The molecule has 1 heterocycles. The SMILES string of the molecule is O=C(NCC(CO)Cc1ccccn1)C1CC1c1c(F)cccc1F. The second kappa shape index (κ2) is 7.70. The van der Waals surface area contributed by atoms with Gasteiger partial charge >= 0.3 is 0 Å². The van der Waals surface area contributed by atoms with Crippen LogP contribution in [0, 0.1) is 23.5 Å². The summed E-state index contributed by atoms with van der Waals surface area (Å²) < 4.78 is 27.6. The van der Waals surface area contributed by atoms with Crippen LogP contribution >= 0.6 is 0 Å². The molecule has 3 atom stereocenters. The van der Waals surface area contributed by atoms with Crippen molar-refractivity contribution in [3.05, 3.63) is 65.5 Å². The highest BCUT2D eigenvalue weighted by Gasteiger charge is 2.46. The molecular formula is C19H20F2N2O2. The third-order valence-corrected chi connectivity index (χ3v) is 4.54. The van der Waals surface area contributed by atoms with Gasteiger partial charge in [-0.25, -0.2) is 8.78 Å². The van der Waals surface area contributed by atoms with Gasteiger partial charge in [0.2, 0.25) is 5.91 Å². The number of aliphatic hydroxyl groups excluding tert-OH is 1. The normalized spacial score (nSPS) is 20.1. The lowest BCUT2D eigenvalue weighted by atomic mass is 10.0. The van der Waals surface area contributed by atoms with Gasteiger partial charge < -0.3 is 10.4 Å². The number of hydrogen-bond donors (Lipinski definition) is 2. The van der Waals surface area contributed by atoms with Crippen molar-refractivity contribution >= 4 is 5.91 Å². The Balaban J connectivity index is 1.53. The summed E-state index contributed by atoms with van der Waals surface area (Å²) in [6.45, 7) is 0.224. The fraction of sp³-hybridized carbons (Fsp3) is 0.368. The number of halogens is 2. The van der Waals surface area contributed by atoms with Gasteiger partial charge in [-0.3, -0.25) is 9.78 Å². The van der Waals surface area contributed by atoms with Crippen LogP contribution in [0.25, 0.3) is 0 Å². The fourth-order valence-electron chi connectivity index (χ4n) is 3.06. The Morgan fingerprint density at radius 2 is 2.00 bits per heavy atom. The van der Waals surface area contributed by atoms with E-state index in [1.807, 2.05) is 18.2 Å². The van der Waals surface area contributed by atoms with Crippen LogP contribution in [0.1, 0.15) is 23.6 Å². The Morgan fingerprint density at radius 1 is 1.24 bits per heavy atom. The zero-order valence-electron chi connectivity index (χ0n) is 13.7. The molecule has 0 aliphatic heterocycles. The van der Waals surface area contributed by atoms with Crippen molar-refractivity contribution in [2.45, 2.75) is 18.8 Å². The van der Waals surface area contributed by atoms with Gasteiger partial charge in [0, 0.05) is 48.4 Å². The average molecular weight is 346 g/mol. The maximum absolute atomic E-state index is 13.8. The fourth-order valence-corrected chi connectivity index (χ4v) is 3.06. The van der Waals surface area contributed by atoms with Crippen molar-refractivity contribution in [1.82, 2.24) is 10.3 Å². The summed E-state index contributed by atoms with van der Waals surface area (Å²) >= 11 is 0. The number of hydrogen-bond acceptors (Lipinski definition) is 3. The van der Waals surface area contributed by atoms with Crippen molar-refractivity contribution in [2.75, 3.05) is 13.2 Å². The maximum Gasteiger partial charge on any atom is 0.223 e. The van der Waals surface area contributed by atoms with E-state index in [1.165, 1.54) is 18.2 Å². The third kappa shape index (κ3) is 4.20. The highest BCUT2D eigenvalue weighted by Crippen LogP contribution is 2.49. The van der Waals surface area contributed by atoms with E-state index in [9.17, 15) is 18.7 Å². The molecule has 132 valence electrons. The molecule has 1 aliphatic rings.